The van der Waals surface area contributed by atoms with Crippen molar-refractivity contribution in [1.29, 1.82) is 0 Å². The van der Waals surface area contributed by atoms with Gasteiger partial charge in [0.15, 0.2) is 0 Å². The molecule has 3 unspecified atom stereocenters. The number of nitrogens with zero attached hydrogens (tertiary/aromatic N) is 1. The highest BCUT2D eigenvalue weighted by Crippen LogP contribution is 2.28. The van der Waals surface area contributed by atoms with E-state index in [1.807, 2.05) is 6.92 Å². The zero-order chi connectivity index (χ0) is 15.2. The van der Waals surface area contributed by atoms with Gasteiger partial charge in [-0.1, -0.05) is 26.7 Å². The first-order chi connectivity index (χ1) is 9.44. The first-order valence-electron chi connectivity index (χ1n) is 7.98. The van der Waals surface area contributed by atoms with Crippen LogP contribution in [0.2, 0.25) is 0 Å². The zero-order valence-electron chi connectivity index (χ0n) is 13.9. The lowest BCUT2D eigenvalue weighted by molar-refractivity contribution is -0.149. The largest absolute Gasteiger partial charge is 0.468 e. The van der Waals surface area contributed by atoms with Crippen LogP contribution in [0.4, 0.5) is 0 Å². The molecule has 0 spiro atoms. The van der Waals surface area contributed by atoms with Crippen molar-refractivity contribution in [2.75, 3.05) is 27.2 Å². The van der Waals surface area contributed by atoms with Gasteiger partial charge in [-0.3, -0.25) is 4.79 Å². The lowest BCUT2D eigenvalue weighted by atomic mass is 9.84. The lowest BCUT2D eigenvalue weighted by Gasteiger charge is -2.40. The SMILES string of the molecule is CCCNC(C)(CN(C)C1CCCCC1C)C(=O)OC. The van der Waals surface area contributed by atoms with Crippen LogP contribution in [0.5, 0.6) is 0 Å². The summed E-state index contributed by atoms with van der Waals surface area (Å²) in [5.74, 6) is 0.545. The van der Waals surface area contributed by atoms with Gasteiger partial charge in [-0.15, -0.1) is 0 Å². The Hall–Kier alpha value is -0.610. The maximum absolute atomic E-state index is 12.1. The minimum Gasteiger partial charge on any atom is -0.468 e. The molecule has 1 rings (SSSR count). The van der Waals surface area contributed by atoms with Gasteiger partial charge in [-0.2, -0.15) is 0 Å². The average molecular weight is 284 g/mol. The van der Waals surface area contributed by atoms with Gasteiger partial charge in [0.1, 0.15) is 5.54 Å². The van der Waals surface area contributed by atoms with Crippen LogP contribution in [0, 0.1) is 5.92 Å². The summed E-state index contributed by atoms with van der Waals surface area (Å²) < 4.78 is 5.00. The summed E-state index contributed by atoms with van der Waals surface area (Å²) in [6.45, 7) is 7.93. The number of carbonyl (C=O) groups is 1. The molecule has 0 aromatic rings. The van der Waals surface area contributed by atoms with Crippen molar-refractivity contribution >= 4 is 5.97 Å². The van der Waals surface area contributed by atoms with E-state index in [0.717, 1.165) is 13.0 Å². The lowest BCUT2D eigenvalue weighted by Crippen LogP contribution is -2.59. The first-order valence-corrected chi connectivity index (χ1v) is 7.98. The fraction of sp³-hybridized carbons (Fsp3) is 0.938. The number of methoxy groups -OCH3 is 1. The fourth-order valence-electron chi connectivity index (χ4n) is 3.39. The number of hydrogen-bond acceptors (Lipinski definition) is 4. The normalized spacial score (nSPS) is 26.3. The summed E-state index contributed by atoms with van der Waals surface area (Å²) in [5.41, 5.74) is -0.614. The molecule has 0 heterocycles. The summed E-state index contributed by atoms with van der Waals surface area (Å²) in [6, 6.07) is 0.580. The molecule has 1 aliphatic carbocycles. The summed E-state index contributed by atoms with van der Waals surface area (Å²) in [6.07, 6.45) is 6.19. The Kier molecular flexibility index (Phi) is 6.96. The second-order valence-corrected chi connectivity index (χ2v) is 6.49. The van der Waals surface area contributed by atoms with Gasteiger partial charge in [0.05, 0.1) is 7.11 Å². The average Bonchev–Trinajstić information content (AvgIpc) is 2.44. The van der Waals surface area contributed by atoms with Gasteiger partial charge in [0, 0.05) is 12.6 Å². The van der Waals surface area contributed by atoms with Gasteiger partial charge < -0.3 is 15.0 Å². The van der Waals surface area contributed by atoms with Gasteiger partial charge in [-0.05, 0) is 45.7 Å². The van der Waals surface area contributed by atoms with E-state index in [1.54, 1.807) is 0 Å². The van der Waals surface area contributed by atoms with E-state index >= 15 is 0 Å². The number of esters is 1. The van der Waals surface area contributed by atoms with E-state index in [2.05, 4.69) is 31.1 Å². The van der Waals surface area contributed by atoms with Crippen molar-refractivity contribution in [3.63, 3.8) is 0 Å². The fourth-order valence-corrected chi connectivity index (χ4v) is 3.39. The number of nitrogens with one attached hydrogen (secondary N) is 1. The van der Waals surface area contributed by atoms with Gasteiger partial charge in [0.25, 0.3) is 0 Å². The van der Waals surface area contributed by atoms with Crippen LogP contribution in [-0.4, -0.2) is 49.7 Å². The number of likely N-dealkylation sites (N-methyl/N-ethyl adjacent to an activating group) is 1. The van der Waals surface area contributed by atoms with Gasteiger partial charge >= 0.3 is 5.97 Å². The summed E-state index contributed by atoms with van der Waals surface area (Å²) in [7, 11) is 3.61. The molecule has 0 aromatic heterocycles. The Morgan fingerprint density at radius 2 is 2.05 bits per heavy atom. The van der Waals surface area contributed by atoms with E-state index in [0.29, 0.717) is 18.5 Å². The summed E-state index contributed by atoms with van der Waals surface area (Å²) in [4.78, 5) is 14.5. The molecule has 1 fully saturated rings. The van der Waals surface area contributed by atoms with E-state index in [9.17, 15) is 4.79 Å². The predicted molar refractivity (Wildman–Crippen MR) is 82.8 cm³/mol. The van der Waals surface area contributed by atoms with Crippen LogP contribution in [0.25, 0.3) is 0 Å². The molecule has 3 atom stereocenters. The maximum atomic E-state index is 12.1. The quantitative estimate of drug-likeness (QED) is 0.729. The summed E-state index contributed by atoms with van der Waals surface area (Å²) >= 11 is 0. The minimum atomic E-state index is -0.614. The Labute approximate surface area is 124 Å². The number of ether oxygens (including phenoxy) is 1. The molecule has 20 heavy (non-hydrogen) atoms. The van der Waals surface area contributed by atoms with Crippen molar-refractivity contribution in [2.45, 2.75) is 64.5 Å². The molecule has 1 N–H and O–H groups in total. The van der Waals surface area contributed by atoms with Crippen molar-refractivity contribution in [3.8, 4) is 0 Å². The van der Waals surface area contributed by atoms with Gasteiger partial charge in [-0.25, -0.2) is 0 Å². The molecular formula is C16H32N2O2. The third kappa shape index (κ3) is 4.45. The van der Waals surface area contributed by atoms with Crippen LogP contribution < -0.4 is 5.32 Å². The standard InChI is InChI=1S/C16H32N2O2/c1-6-11-17-16(3,15(19)20-5)12-18(4)14-10-8-7-9-13(14)2/h13-14,17H,6-12H2,1-5H3. The Bertz CT molecular complexity index is 309. The summed E-state index contributed by atoms with van der Waals surface area (Å²) in [5, 5.41) is 3.37. The monoisotopic (exact) mass is 284 g/mol. The molecule has 0 aromatic carbocycles. The molecule has 1 saturated carbocycles. The number of rotatable bonds is 7. The highest BCUT2D eigenvalue weighted by molar-refractivity contribution is 5.80. The van der Waals surface area contributed by atoms with Crippen molar-refractivity contribution in [3.05, 3.63) is 0 Å². The van der Waals surface area contributed by atoms with E-state index in [4.69, 9.17) is 4.74 Å². The van der Waals surface area contributed by atoms with E-state index < -0.39 is 5.54 Å². The van der Waals surface area contributed by atoms with Crippen LogP contribution >= 0.6 is 0 Å². The smallest absolute Gasteiger partial charge is 0.327 e. The molecule has 0 bridgehead atoms. The zero-order valence-corrected chi connectivity index (χ0v) is 13.9. The molecule has 0 radical (unpaired) electrons. The molecular weight excluding hydrogens is 252 g/mol. The van der Waals surface area contributed by atoms with Crippen LogP contribution in [-0.2, 0) is 9.53 Å². The van der Waals surface area contributed by atoms with Crippen molar-refractivity contribution in [1.82, 2.24) is 10.2 Å². The molecule has 0 aliphatic heterocycles. The van der Waals surface area contributed by atoms with Crippen LogP contribution in [0.1, 0.15) is 52.9 Å². The third-order valence-electron chi connectivity index (χ3n) is 4.60. The minimum absolute atomic E-state index is 0.165. The van der Waals surface area contributed by atoms with Crippen LogP contribution in [0.15, 0.2) is 0 Å². The second-order valence-electron chi connectivity index (χ2n) is 6.49. The molecule has 118 valence electrons. The highest BCUT2D eigenvalue weighted by Gasteiger charge is 2.37. The highest BCUT2D eigenvalue weighted by atomic mass is 16.5. The first kappa shape index (κ1) is 17.4. The third-order valence-corrected chi connectivity index (χ3v) is 4.60. The number of hydrogen-bond donors (Lipinski definition) is 1. The Morgan fingerprint density at radius 3 is 2.60 bits per heavy atom. The topological polar surface area (TPSA) is 41.6 Å². The van der Waals surface area contributed by atoms with Crippen molar-refractivity contribution < 1.29 is 9.53 Å². The van der Waals surface area contributed by atoms with E-state index in [-0.39, 0.29) is 5.97 Å². The Balaban J connectivity index is 2.69. The molecule has 1 aliphatic rings. The molecule has 0 amide bonds. The second kappa shape index (κ2) is 7.99. The van der Waals surface area contributed by atoms with Gasteiger partial charge in [0.2, 0.25) is 0 Å². The molecule has 4 heteroatoms. The molecule has 0 saturated heterocycles. The maximum Gasteiger partial charge on any atom is 0.327 e. The van der Waals surface area contributed by atoms with Crippen LogP contribution in [0.3, 0.4) is 0 Å². The Morgan fingerprint density at radius 1 is 1.40 bits per heavy atom. The van der Waals surface area contributed by atoms with E-state index in [1.165, 1.54) is 32.8 Å². The number of carbonyl (C=O) groups excluding carboxylic acids is 1. The van der Waals surface area contributed by atoms with Crippen molar-refractivity contribution in [2.24, 2.45) is 5.92 Å². The predicted octanol–water partition coefficient (Wildman–Crippen LogP) is 2.43. The molecule has 4 nitrogen and oxygen atoms in total.